The summed E-state index contributed by atoms with van der Waals surface area (Å²) in [6.45, 7) is 0. The molecule has 2 atom stereocenters. The molecule has 268 valence electrons. The molecule has 3 heterocycles. The van der Waals surface area contributed by atoms with Gasteiger partial charge in [0.15, 0.2) is 5.82 Å². The first-order valence-corrected chi connectivity index (χ1v) is 21.7. The van der Waals surface area contributed by atoms with Crippen LogP contribution in [-0.2, 0) is 5.41 Å². The van der Waals surface area contributed by atoms with Gasteiger partial charge in [-0.25, -0.2) is 9.97 Å². The van der Waals surface area contributed by atoms with E-state index in [1.54, 1.807) is 11.1 Å². The van der Waals surface area contributed by atoms with E-state index in [1.165, 1.54) is 91.6 Å². The van der Waals surface area contributed by atoms with Gasteiger partial charge in [0.05, 0.1) is 15.9 Å². The molecule has 0 N–H and O–H groups in total. The van der Waals surface area contributed by atoms with Gasteiger partial charge in [-0.3, -0.25) is 0 Å². The van der Waals surface area contributed by atoms with Crippen molar-refractivity contribution < 1.29 is 0 Å². The summed E-state index contributed by atoms with van der Waals surface area (Å²) < 4.78 is 2.40. The van der Waals surface area contributed by atoms with Crippen LogP contribution in [0, 0.1) is 0 Å². The van der Waals surface area contributed by atoms with Gasteiger partial charge >= 0.3 is 0 Å². The van der Waals surface area contributed by atoms with E-state index in [-0.39, 0.29) is 5.41 Å². The topological polar surface area (TPSA) is 25.8 Å². The van der Waals surface area contributed by atoms with Crippen molar-refractivity contribution in [3.8, 4) is 44.9 Å². The molecule has 0 saturated heterocycles. The Bertz CT molecular complexity index is 2930. The number of fused-ring (bicyclic) bond motifs is 11. The number of hydrogen-bond donors (Lipinski definition) is 0. The average Bonchev–Trinajstić information content (AvgIpc) is 3.92. The highest BCUT2D eigenvalue weighted by Gasteiger charge is 2.45. The highest BCUT2D eigenvalue weighted by molar-refractivity contribution is 8.00. The monoisotopic (exact) mass is 754 g/mol. The first-order valence-electron chi connectivity index (χ1n) is 20.0. The molecule has 2 nitrogen and oxygen atoms in total. The molecule has 2 unspecified atom stereocenters. The predicted octanol–water partition coefficient (Wildman–Crippen LogP) is 14.3. The number of aromatic nitrogens is 2. The van der Waals surface area contributed by atoms with E-state index < -0.39 is 0 Å². The fourth-order valence-electron chi connectivity index (χ4n) is 10.3. The van der Waals surface area contributed by atoms with Crippen molar-refractivity contribution >= 4 is 49.0 Å². The van der Waals surface area contributed by atoms with Crippen molar-refractivity contribution in [2.75, 3.05) is 0 Å². The van der Waals surface area contributed by atoms with Crippen molar-refractivity contribution in [1.29, 1.82) is 0 Å². The lowest BCUT2D eigenvalue weighted by Crippen LogP contribution is -2.29. The molecule has 56 heavy (non-hydrogen) atoms. The Balaban J connectivity index is 0.984. The number of allylic oxidation sites excluding steroid dienone is 3. The van der Waals surface area contributed by atoms with Crippen molar-refractivity contribution in [2.24, 2.45) is 0 Å². The van der Waals surface area contributed by atoms with Gasteiger partial charge < -0.3 is 0 Å². The average molecular weight is 755 g/mol. The van der Waals surface area contributed by atoms with E-state index in [9.17, 15) is 0 Å². The lowest BCUT2D eigenvalue weighted by atomic mass is 9.66. The van der Waals surface area contributed by atoms with E-state index in [1.807, 2.05) is 23.1 Å². The van der Waals surface area contributed by atoms with Crippen LogP contribution in [0.15, 0.2) is 163 Å². The first-order chi connectivity index (χ1) is 27.7. The smallest absolute Gasteiger partial charge is 0.160 e. The summed E-state index contributed by atoms with van der Waals surface area (Å²) >= 11 is 3.82. The molecule has 3 aliphatic carbocycles. The van der Waals surface area contributed by atoms with E-state index in [4.69, 9.17) is 9.97 Å². The van der Waals surface area contributed by atoms with Gasteiger partial charge in [0.25, 0.3) is 0 Å². The van der Waals surface area contributed by atoms with Crippen LogP contribution in [0.25, 0.3) is 70.8 Å². The van der Waals surface area contributed by atoms with Crippen molar-refractivity contribution in [3.63, 3.8) is 0 Å². The maximum Gasteiger partial charge on any atom is 0.160 e. The number of thiophene rings is 1. The van der Waals surface area contributed by atoms with Crippen LogP contribution in [0.2, 0.25) is 0 Å². The van der Waals surface area contributed by atoms with Crippen molar-refractivity contribution in [3.05, 3.63) is 180 Å². The standard InChI is InChI=1S/C52H38N2S2/c1-3-13-32(14-4-1)33-23-25-34(26-24-33)51-53-47-40-16-6-8-22-44(40)56-50(47)48(54-51)41-20-12-19-39-42-31-35(27-28-45(42)55-49(39)41)36-17-11-18-38-37-15-5-7-21-43(37)52(46(36)38)29-9-2-10-30-52/h1,3-8,11-28,31,42,45H,2,9-10,29-30H2. The molecular weight excluding hydrogens is 717 g/mol. The minimum atomic E-state index is 0.115. The van der Waals surface area contributed by atoms with Crippen LogP contribution in [0.5, 0.6) is 0 Å². The highest BCUT2D eigenvalue weighted by atomic mass is 32.2. The normalized spacial score (nSPS) is 18.8. The fourth-order valence-corrected chi connectivity index (χ4v) is 12.9. The summed E-state index contributed by atoms with van der Waals surface area (Å²) in [6.07, 6.45) is 13.9. The number of nitrogens with zero attached hydrogens (tertiary/aromatic N) is 2. The Morgan fingerprint density at radius 1 is 0.589 bits per heavy atom. The molecular formula is C52H38N2S2. The van der Waals surface area contributed by atoms with Gasteiger partial charge in [-0.1, -0.05) is 171 Å². The Morgan fingerprint density at radius 2 is 1.30 bits per heavy atom. The Hall–Kier alpha value is -5.55. The van der Waals surface area contributed by atoms with Gasteiger partial charge in [-0.05, 0) is 69.0 Å². The number of thioether (sulfide) groups is 1. The largest absolute Gasteiger partial charge is 0.226 e. The van der Waals surface area contributed by atoms with E-state index in [2.05, 4.69) is 158 Å². The number of benzene rings is 6. The SMILES string of the molecule is C1=CC2Sc3c(-c4nc(-c5ccc(-c6ccccc6)cc5)nc5c4sc4ccccc45)cccc3C2C=C1c1cccc2c1C1(CCCCC1)c1ccccc1-2. The molecule has 12 rings (SSSR count). The predicted molar refractivity (Wildman–Crippen MR) is 236 cm³/mol. The third kappa shape index (κ3) is 4.88. The summed E-state index contributed by atoms with van der Waals surface area (Å²) in [4.78, 5) is 12.1. The highest BCUT2D eigenvalue weighted by Crippen LogP contribution is 2.59. The Kier molecular flexibility index (Phi) is 7.43. The molecule has 4 heteroatoms. The minimum Gasteiger partial charge on any atom is -0.226 e. The number of hydrogen-bond acceptors (Lipinski definition) is 4. The molecule has 0 amide bonds. The van der Waals surface area contributed by atoms with Gasteiger partial charge in [-0.15, -0.1) is 23.1 Å². The summed E-state index contributed by atoms with van der Waals surface area (Å²) in [5, 5.41) is 1.54. The van der Waals surface area contributed by atoms with Gasteiger partial charge in [0.1, 0.15) is 0 Å². The lowest BCUT2D eigenvalue weighted by Gasteiger charge is -2.37. The quantitative estimate of drug-likeness (QED) is 0.179. The molecule has 1 aliphatic heterocycles. The van der Waals surface area contributed by atoms with Gasteiger partial charge in [0.2, 0.25) is 0 Å². The second-order valence-corrected chi connectivity index (χ2v) is 18.1. The van der Waals surface area contributed by atoms with Crippen molar-refractivity contribution in [2.45, 2.75) is 53.6 Å². The van der Waals surface area contributed by atoms with Crippen molar-refractivity contribution in [1.82, 2.24) is 9.97 Å². The second-order valence-electron chi connectivity index (χ2n) is 15.8. The molecule has 0 bridgehead atoms. The first kappa shape index (κ1) is 32.7. The van der Waals surface area contributed by atoms with E-state index in [0.29, 0.717) is 11.2 Å². The van der Waals surface area contributed by atoms with Crippen LogP contribution in [0.1, 0.15) is 60.3 Å². The van der Waals surface area contributed by atoms with Crippen LogP contribution >= 0.6 is 23.1 Å². The minimum absolute atomic E-state index is 0.115. The summed E-state index contributed by atoms with van der Waals surface area (Å²) in [5.74, 6) is 1.06. The second kappa shape index (κ2) is 12.7. The fraction of sp³-hybridized carbons (Fsp3) is 0.154. The zero-order chi connectivity index (χ0) is 36.8. The zero-order valence-electron chi connectivity index (χ0n) is 30.9. The lowest BCUT2D eigenvalue weighted by molar-refractivity contribution is 0.352. The molecule has 1 fully saturated rings. The Labute approximate surface area is 335 Å². The molecule has 1 spiro atoms. The van der Waals surface area contributed by atoms with Crippen LogP contribution in [0.3, 0.4) is 0 Å². The van der Waals surface area contributed by atoms with E-state index in [0.717, 1.165) is 27.3 Å². The zero-order valence-corrected chi connectivity index (χ0v) is 32.5. The van der Waals surface area contributed by atoms with Gasteiger partial charge in [0, 0.05) is 42.7 Å². The maximum atomic E-state index is 5.46. The molecule has 1 saturated carbocycles. The molecule has 8 aromatic rings. The number of rotatable bonds is 4. The van der Waals surface area contributed by atoms with Crippen LogP contribution in [-0.4, -0.2) is 15.2 Å². The van der Waals surface area contributed by atoms with Crippen LogP contribution < -0.4 is 0 Å². The molecule has 4 aliphatic rings. The molecule has 2 aromatic heterocycles. The van der Waals surface area contributed by atoms with Gasteiger partial charge in [-0.2, -0.15) is 0 Å². The van der Waals surface area contributed by atoms with E-state index >= 15 is 0 Å². The molecule has 0 radical (unpaired) electrons. The summed E-state index contributed by atoms with van der Waals surface area (Å²) in [5.41, 5.74) is 17.0. The molecule has 6 aromatic carbocycles. The third-order valence-corrected chi connectivity index (χ3v) is 15.4. The third-order valence-electron chi connectivity index (χ3n) is 12.9. The Morgan fingerprint density at radius 3 is 2.20 bits per heavy atom. The summed E-state index contributed by atoms with van der Waals surface area (Å²) in [7, 11) is 0. The summed E-state index contributed by atoms with van der Waals surface area (Å²) in [6, 6.07) is 51.2. The maximum absolute atomic E-state index is 5.46. The van der Waals surface area contributed by atoms with Crippen LogP contribution in [0.4, 0.5) is 0 Å².